The Morgan fingerprint density at radius 2 is 1.95 bits per heavy atom. The molecule has 0 bridgehead atoms. The van der Waals surface area contributed by atoms with Gasteiger partial charge in [-0.05, 0) is 39.2 Å². The van der Waals surface area contributed by atoms with E-state index in [-0.39, 0.29) is 4.47 Å². The van der Waals surface area contributed by atoms with E-state index in [1.54, 1.807) is 0 Å². The first-order chi connectivity index (χ1) is 10.1. The predicted molar refractivity (Wildman–Crippen MR) is 79.3 cm³/mol. The van der Waals surface area contributed by atoms with Crippen LogP contribution in [0, 0.1) is 11.6 Å². The maximum atomic E-state index is 14.1. The van der Waals surface area contributed by atoms with Crippen molar-refractivity contribution in [2.75, 3.05) is 6.54 Å². The number of fused-ring (bicyclic) bond motifs is 1. The van der Waals surface area contributed by atoms with Crippen LogP contribution in [0.4, 0.5) is 8.78 Å². The van der Waals surface area contributed by atoms with Crippen LogP contribution in [0.1, 0.15) is 27.4 Å². The molecule has 108 valence electrons. The van der Waals surface area contributed by atoms with Crippen molar-refractivity contribution in [3.63, 3.8) is 0 Å². The number of ketones is 1. The fourth-order valence-electron chi connectivity index (χ4n) is 2.66. The molecule has 0 spiro atoms. The number of Topliss-reactive ketones (excluding diaryl/α,β-unsaturated/α-hetero) is 1. The van der Waals surface area contributed by atoms with Crippen LogP contribution in [0.2, 0.25) is 0 Å². The second-order valence-corrected chi connectivity index (χ2v) is 5.82. The summed E-state index contributed by atoms with van der Waals surface area (Å²) in [5.74, 6) is -2.79. The zero-order chi connectivity index (χ0) is 15.0. The number of halogens is 3. The summed E-state index contributed by atoms with van der Waals surface area (Å²) >= 11 is 2.99. The van der Waals surface area contributed by atoms with Crippen LogP contribution < -0.4 is 5.32 Å². The van der Waals surface area contributed by atoms with Gasteiger partial charge in [0.2, 0.25) is 0 Å². The van der Waals surface area contributed by atoms with Crippen molar-refractivity contribution in [3.8, 4) is 0 Å². The molecular weight excluding hydrogens is 340 g/mol. The summed E-state index contributed by atoms with van der Waals surface area (Å²) in [6.07, 6.45) is 0. The van der Waals surface area contributed by atoms with Crippen LogP contribution in [0.25, 0.3) is 0 Å². The van der Waals surface area contributed by atoms with Crippen LogP contribution in [0.3, 0.4) is 0 Å². The second kappa shape index (κ2) is 5.66. The largest absolute Gasteiger partial charge is 0.312 e. The number of hydrogen-bond acceptors (Lipinski definition) is 2. The van der Waals surface area contributed by atoms with Crippen molar-refractivity contribution in [1.82, 2.24) is 5.32 Å². The van der Waals surface area contributed by atoms with Gasteiger partial charge in [0, 0.05) is 13.1 Å². The highest BCUT2D eigenvalue weighted by Gasteiger charge is 2.31. The van der Waals surface area contributed by atoms with E-state index in [1.807, 2.05) is 24.3 Å². The van der Waals surface area contributed by atoms with Crippen molar-refractivity contribution in [1.29, 1.82) is 0 Å². The van der Waals surface area contributed by atoms with Crippen molar-refractivity contribution < 1.29 is 13.6 Å². The lowest BCUT2D eigenvalue weighted by Crippen LogP contribution is -2.33. The van der Waals surface area contributed by atoms with E-state index in [0.29, 0.717) is 13.1 Å². The third-order valence-corrected chi connectivity index (χ3v) is 4.31. The van der Waals surface area contributed by atoms with Gasteiger partial charge in [-0.15, -0.1) is 0 Å². The van der Waals surface area contributed by atoms with E-state index in [9.17, 15) is 13.6 Å². The summed E-state index contributed by atoms with van der Waals surface area (Å²) in [6.45, 7) is 1.03. The molecule has 0 saturated heterocycles. The maximum Gasteiger partial charge on any atom is 0.177 e. The lowest BCUT2D eigenvalue weighted by Gasteiger charge is -2.25. The smallest absolute Gasteiger partial charge is 0.177 e. The van der Waals surface area contributed by atoms with Crippen LogP contribution in [-0.2, 0) is 6.54 Å². The van der Waals surface area contributed by atoms with Gasteiger partial charge in [-0.25, -0.2) is 8.78 Å². The van der Waals surface area contributed by atoms with Crippen molar-refractivity contribution in [2.45, 2.75) is 12.5 Å². The minimum Gasteiger partial charge on any atom is -0.312 e. The maximum absolute atomic E-state index is 14.1. The number of benzene rings is 2. The molecule has 1 aliphatic rings. The van der Waals surface area contributed by atoms with E-state index in [4.69, 9.17) is 0 Å². The average Bonchev–Trinajstić information content (AvgIpc) is 2.50. The molecule has 1 heterocycles. The van der Waals surface area contributed by atoms with Crippen LogP contribution in [-0.4, -0.2) is 12.3 Å². The zero-order valence-electron chi connectivity index (χ0n) is 11.0. The highest BCUT2D eigenvalue weighted by molar-refractivity contribution is 9.10. The first-order valence-corrected chi connectivity index (χ1v) is 7.35. The lowest BCUT2D eigenvalue weighted by molar-refractivity contribution is 0.0946. The van der Waals surface area contributed by atoms with Crippen LogP contribution >= 0.6 is 15.9 Å². The molecule has 0 aromatic heterocycles. The van der Waals surface area contributed by atoms with Gasteiger partial charge >= 0.3 is 0 Å². The predicted octanol–water partition coefficient (Wildman–Crippen LogP) is 3.80. The number of carbonyl (C=O) groups is 1. The Hall–Kier alpha value is -1.59. The number of hydrogen-bond donors (Lipinski definition) is 1. The van der Waals surface area contributed by atoms with Gasteiger partial charge in [0.1, 0.15) is 5.82 Å². The van der Waals surface area contributed by atoms with Gasteiger partial charge in [-0.1, -0.05) is 24.3 Å². The fraction of sp³-hybridized carbons (Fsp3) is 0.188. The Labute approximate surface area is 129 Å². The van der Waals surface area contributed by atoms with E-state index in [2.05, 4.69) is 21.2 Å². The normalized spacial score (nSPS) is 17.4. The number of nitrogens with one attached hydrogen (secondary N) is 1. The van der Waals surface area contributed by atoms with E-state index in [0.717, 1.165) is 17.2 Å². The van der Waals surface area contributed by atoms with Crippen molar-refractivity contribution in [2.24, 2.45) is 0 Å². The number of rotatable bonds is 2. The minimum absolute atomic E-state index is 0.0873. The molecule has 0 saturated carbocycles. The Bertz CT molecular complexity index is 717. The molecule has 5 heteroatoms. The molecular formula is C16H12BrF2NO. The molecule has 0 radical (unpaired) electrons. The Morgan fingerprint density at radius 3 is 2.76 bits per heavy atom. The van der Waals surface area contributed by atoms with Gasteiger partial charge in [0.05, 0.1) is 16.0 Å². The van der Waals surface area contributed by atoms with E-state index < -0.39 is 28.9 Å². The van der Waals surface area contributed by atoms with Gasteiger partial charge in [0.25, 0.3) is 0 Å². The Kier molecular flexibility index (Phi) is 3.87. The molecule has 1 aliphatic heterocycles. The first-order valence-electron chi connectivity index (χ1n) is 6.56. The molecule has 21 heavy (non-hydrogen) atoms. The zero-order valence-corrected chi connectivity index (χ0v) is 12.6. The fourth-order valence-corrected chi connectivity index (χ4v) is 2.99. The van der Waals surface area contributed by atoms with Gasteiger partial charge in [-0.2, -0.15) is 0 Å². The molecule has 2 aromatic rings. The van der Waals surface area contributed by atoms with E-state index >= 15 is 0 Å². The molecule has 0 aliphatic carbocycles. The lowest BCUT2D eigenvalue weighted by atomic mass is 9.85. The molecule has 3 rings (SSSR count). The molecule has 2 aromatic carbocycles. The molecule has 0 amide bonds. The minimum atomic E-state index is -0.844. The average molecular weight is 352 g/mol. The highest BCUT2D eigenvalue weighted by Crippen LogP contribution is 2.30. The van der Waals surface area contributed by atoms with Gasteiger partial charge in [0.15, 0.2) is 11.6 Å². The SMILES string of the molecule is O=C(c1c(F)ccc(Br)c1F)C1CNCc2ccccc21. The molecule has 1 N–H and O–H groups in total. The summed E-state index contributed by atoms with van der Waals surface area (Å²) < 4.78 is 28.1. The third kappa shape index (κ3) is 2.51. The van der Waals surface area contributed by atoms with E-state index in [1.165, 1.54) is 6.07 Å². The van der Waals surface area contributed by atoms with Crippen LogP contribution in [0.5, 0.6) is 0 Å². The molecule has 1 atom stereocenters. The van der Waals surface area contributed by atoms with Gasteiger partial charge in [-0.3, -0.25) is 4.79 Å². The standard InChI is InChI=1S/C16H12BrF2NO/c17-12-5-6-13(18)14(15(12)19)16(21)11-8-20-7-9-3-1-2-4-10(9)11/h1-6,11,20H,7-8H2. The summed E-state index contributed by atoms with van der Waals surface area (Å²) in [5.41, 5.74) is 1.34. The summed E-state index contributed by atoms with van der Waals surface area (Å²) in [6, 6.07) is 9.82. The summed E-state index contributed by atoms with van der Waals surface area (Å²) in [7, 11) is 0. The van der Waals surface area contributed by atoms with Crippen molar-refractivity contribution >= 4 is 21.7 Å². The first kappa shape index (κ1) is 14.4. The quantitative estimate of drug-likeness (QED) is 0.658. The van der Waals surface area contributed by atoms with Crippen LogP contribution in [0.15, 0.2) is 40.9 Å². The molecule has 2 nitrogen and oxygen atoms in total. The number of carbonyl (C=O) groups excluding carboxylic acids is 1. The topological polar surface area (TPSA) is 29.1 Å². The monoisotopic (exact) mass is 351 g/mol. The highest BCUT2D eigenvalue weighted by atomic mass is 79.9. The Morgan fingerprint density at radius 1 is 1.19 bits per heavy atom. The molecule has 0 fully saturated rings. The van der Waals surface area contributed by atoms with Gasteiger partial charge < -0.3 is 5.32 Å². The summed E-state index contributed by atoms with van der Waals surface area (Å²) in [5, 5.41) is 3.12. The second-order valence-electron chi connectivity index (χ2n) is 4.96. The van der Waals surface area contributed by atoms with Crippen molar-refractivity contribution in [3.05, 3.63) is 69.2 Å². The molecule has 1 unspecified atom stereocenters. The Balaban J connectivity index is 2.07. The third-order valence-electron chi connectivity index (χ3n) is 3.70. The summed E-state index contributed by atoms with van der Waals surface area (Å²) in [4.78, 5) is 12.6.